The molecule has 0 aliphatic carbocycles. The second-order valence-corrected chi connectivity index (χ2v) is 14.6. The Morgan fingerprint density at radius 2 is 1.00 bits per heavy atom. The van der Waals surface area contributed by atoms with Gasteiger partial charge in [-0.15, -0.1) is 0 Å². The number of unbranched alkanes of at least 4 members (excludes halogenated alkanes) is 8. The van der Waals surface area contributed by atoms with Gasteiger partial charge in [0.2, 0.25) is 0 Å². The van der Waals surface area contributed by atoms with Crippen molar-refractivity contribution in [2.24, 2.45) is 0 Å². The summed E-state index contributed by atoms with van der Waals surface area (Å²) in [4.78, 5) is -1.20. The van der Waals surface area contributed by atoms with Crippen molar-refractivity contribution in [2.75, 3.05) is 0 Å². The maximum atomic E-state index is 12.5. The minimum absolute atomic E-state index is 0. The fraction of sp³-hybridized carbons (Fsp3) is 0.368. The zero-order valence-electron chi connectivity index (χ0n) is 29.3. The van der Waals surface area contributed by atoms with E-state index in [4.69, 9.17) is 9.47 Å². The first-order chi connectivity index (χ1) is 23.9. The summed E-state index contributed by atoms with van der Waals surface area (Å²) in [6.45, 7) is 4.25. The number of ether oxygens (including phenoxy) is 2. The molecule has 0 aromatic heterocycles. The number of hydrogen-bond donors (Lipinski definition) is 2. The van der Waals surface area contributed by atoms with Crippen LogP contribution in [0.5, 0.6) is 34.5 Å². The minimum atomic E-state index is -4.80. The van der Waals surface area contributed by atoms with Gasteiger partial charge in [0, 0.05) is 10.5 Å². The average Bonchev–Trinajstić information content (AvgIpc) is 3.07. The first kappa shape index (κ1) is 44.3. The summed E-state index contributed by atoms with van der Waals surface area (Å²) in [5.41, 5.74) is 0.646. The van der Waals surface area contributed by atoms with Gasteiger partial charge in [0.1, 0.15) is 43.8 Å². The van der Waals surface area contributed by atoms with Crippen molar-refractivity contribution >= 4 is 58.0 Å². The van der Waals surface area contributed by atoms with Crippen molar-refractivity contribution in [3.05, 3.63) is 96.1 Å². The molecule has 0 heterocycles. The molecule has 10 nitrogen and oxygen atoms in total. The molecule has 2 N–H and O–H groups in total. The van der Waals surface area contributed by atoms with E-state index in [2.05, 4.69) is 13.8 Å². The number of benzene rings is 4. The van der Waals surface area contributed by atoms with E-state index in [-0.39, 0.29) is 43.3 Å². The van der Waals surface area contributed by atoms with Gasteiger partial charge in [-0.2, -0.15) is 8.42 Å². The molecular formula is C38H46CaO10S2. The molecule has 0 saturated heterocycles. The zero-order valence-corrected chi connectivity index (χ0v) is 33.1. The molecule has 0 amide bonds. The van der Waals surface area contributed by atoms with E-state index >= 15 is 0 Å². The number of hydrogen-bond acceptors (Lipinski definition) is 9. The minimum Gasteiger partial charge on any atom is -0.871 e. The van der Waals surface area contributed by atoms with E-state index in [0.717, 1.165) is 76.3 Å². The normalized spacial score (nSPS) is 11.2. The molecule has 0 aliphatic heterocycles. The molecule has 272 valence electrons. The van der Waals surface area contributed by atoms with Gasteiger partial charge in [0.25, 0.3) is 10.1 Å². The fourth-order valence-electron chi connectivity index (χ4n) is 5.30. The predicted octanol–water partition coefficient (Wildman–Crippen LogP) is 8.53. The van der Waals surface area contributed by atoms with Crippen molar-refractivity contribution in [3.63, 3.8) is 0 Å². The van der Waals surface area contributed by atoms with Crippen molar-refractivity contribution < 1.29 is 45.6 Å². The monoisotopic (exact) mass is 766 g/mol. The van der Waals surface area contributed by atoms with Crippen LogP contribution < -0.4 is 14.6 Å². The third-order valence-corrected chi connectivity index (χ3v) is 9.68. The van der Waals surface area contributed by atoms with E-state index < -0.39 is 41.5 Å². The van der Waals surface area contributed by atoms with Gasteiger partial charge in [-0.25, -0.2) is 8.42 Å². The third kappa shape index (κ3) is 14.6. The van der Waals surface area contributed by atoms with Crippen LogP contribution in [0.2, 0.25) is 0 Å². The van der Waals surface area contributed by atoms with Gasteiger partial charge in [0.15, 0.2) is 0 Å². The Morgan fingerprint density at radius 3 is 1.43 bits per heavy atom. The van der Waals surface area contributed by atoms with Crippen LogP contribution in [0, 0.1) is 0 Å². The van der Waals surface area contributed by atoms with Crippen LogP contribution in [0.3, 0.4) is 0 Å². The fourth-order valence-corrected chi connectivity index (χ4v) is 6.49. The van der Waals surface area contributed by atoms with E-state index in [1.165, 1.54) is 12.1 Å². The van der Waals surface area contributed by atoms with Crippen LogP contribution in [0.25, 0.3) is 0 Å². The Morgan fingerprint density at radius 1 is 0.588 bits per heavy atom. The Kier molecular flexibility index (Phi) is 19.4. The number of rotatable bonds is 18. The molecule has 51 heavy (non-hydrogen) atoms. The van der Waals surface area contributed by atoms with Gasteiger partial charge in [-0.1, -0.05) is 107 Å². The molecule has 13 heteroatoms. The van der Waals surface area contributed by atoms with Gasteiger partial charge >= 0.3 is 37.7 Å². The van der Waals surface area contributed by atoms with Gasteiger partial charge in [-0.05, 0) is 79.8 Å². The summed E-state index contributed by atoms with van der Waals surface area (Å²) < 4.78 is 77.6. The second-order valence-electron chi connectivity index (χ2n) is 11.8. The second kappa shape index (κ2) is 22.3. The summed E-state index contributed by atoms with van der Waals surface area (Å²) in [7, 11) is -9.29. The molecule has 0 atom stereocenters. The van der Waals surface area contributed by atoms with Crippen molar-refractivity contribution in [1.82, 2.24) is 0 Å². The van der Waals surface area contributed by atoms with Gasteiger partial charge < -0.3 is 24.2 Å². The molecule has 4 aromatic rings. The smallest absolute Gasteiger partial charge is 0.871 e. The Hall–Kier alpha value is -2.84. The zero-order chi connectivity index (χ0) is 36.6. The molecule has 0 aliphatic rings. The number of phenols is 1. The van der Waals surface area contributed by atoms with Crippen molar-refractivity contribution in [3.8, 4) is 34.5 Å². The summed E-state index contributed by atoms with van der Waals surface area (Å²) >= 11 is 0. The molecule has 0 radical (unpaired) electrons. The maximum Gasteiger partial charge on any atom is 2.00 e. The molecule has 0 spiro atoms. The summed E-state index contributed by atoms with van der Waals surface area (Å²) in [5, 5.41) is 22.9. The van der Waals surface area contributed by atoms with Crippen LogP contribution >= 0.6 is 0 Å². The Bertz CT molecular complexity index is 1710. The Balaban J connectivity index is 0.000000347. The van der Waals surface area contributed by atoms with Crippen molar-refractivity contribution in [1.29, 1.82) is 0 Å². The maximum absolute atomic E-state index is 12.5. The standard InChI is InChI=1S/2C19H24O5S.Ca/c2*1-2-3-4-5-9-12-16-17(24-15-10-7-6-8-11-15)13-14-18(19(16)20)25(21,22)23;/h2*6-8,10-11,13-14,20H,2-5,9,12H2,1H3,(H,21,22,23);/q;;+2/p-2. The molecule has 4 rings (SSSR count). The predicted molar refractivity (Wildman–Crippen MR) is 195 cm³/mol. The first-order valence-electron chi connectivity index (χ1n) is 16.9. The average molecular weight is 767 g/mol. The molecule has 0 bridgehead atoms. The van der Waals surface area contributed by atoms with E-state index in [1.807, 2.05) is 24.3 Å². The SMILES string of the molecule is CCCCCCCc1c(Oc2ccccc2)ccc(S(=O)(=O)O)c1O.CCCCCCCc1c(Oc2ccccc2)ccc(S(=O)(=O)[O-])c1[O-].[Ca+2]. The largest absolute Gasteiger partial charge is 2.00 e. The van der Waals surface area contributed by atoms with Crippen LogP contribution in [-0.4, -0.2) is 68.8 Å². The quantitative estimate of drug-likeness (QED) is 0.0568. The molecule has 0 unspecified atom stereocenters. The Labute approximate surface area is 332 Å². The first-order valence-corrected chi connectivity index (χ1v) is 19.8. The van der Waals surface area contributed by atoms with Crippen molar-refractivity contribution in [2.45, 2.75) is 101 Å². The van der Waals surface area contributed by atoms with Crippen LogP contribution in [-0.2, 0) is 33.1 Å². The van der Waals surface area contributed by atoms with E-state index in [0.29, 0.717) is 41.4 Å². The van der Waals surface area contributed by atoms with E-state index in [9.17, 15) is 36.2 Å². The number of aromatic hydroxyl groups is 1. The summed E-state index contributed by atoms with van der Waals surface area (Å²) in [5.74, 6) is 0.650. The molecule has 0 fully saturated rings. The summed E-state index contributed by atoms with van der Waals surface area (Å²) in [6.07, 6.45) is 11.0. The molecule has 4 aromatic carbocycles. The molecule has 0 saturated carbocycles. The van der Waals surface area contributed by atoms with Crippen LogP contribution in [0.4, 0.5) is 0 Å². The van der Waals surface area contributed by atoms with Gasteiger partial charge in [0.05, 0.1) is 0 Å². The third-order valence-electron chi connectivity index (χ3n) is 7.93. The molecular weight excluding hydrogens is 721 g/mol. The van der Waals surface area contributed by atoms with Gasteiger partial charge in [-0.3, -0.25) is 4.55 Å². The van der Waals surface area contributed by atoms with Crippen LogP contribution in [0.15, 0.2) is 94.7 Å². The number of phenolic OH excluding ortho intramolecular Hbond substituents is 1. The number of para-hydroxylation sites is 2. The summed E-state index contributed by atoms with van der Waals surface area (Å²) in [6, 6.07) is 23.0. The van der Waals surface area contributed by atoms with Crippen LogP contribution in [0.1, 0.15) is 89.2 Å². The van der Waals surface area contributed by atoms with E-state index in [1.54, 1.807) is 36.4 Å². The topological polar surface area (TPSA) is 173 Å².